The van der Waals surface area contributed by atoms with Gasteiger partial charge in [-0.15, -0.1) is 24.0 Å². The standard InChI is InChI=1S/C16H25N3O2.HI/c1-19(14-6-7-14)16(17)18-10-3-11-21-12-13-4-8-15(20-2)9-5-13;/h4-5,8-9,14H,3,6-7,10-12H2,1-2H3,(H2,17,18);1H. The van der Waals surface area contributed by atoms with Gasteiger partial charge in [-0.3, -0.25) is 4.99 Å². The van der Waals surface area contributed by atoms with Crippen molar-refractivity contribution in [3.8, 4) is 5.75 Å². The maximum atomic E-state index is 5.91. The zero-order chi connectivity index (χ0) is 15.1. The lowest BCUT2D eigenvalue weighted by atomic mass is 10.2. The first-order valence-electron chi connectivity index (χ1n) is 7.44. The summed E-state index contributed by atoms with van der Waals surface area (Å²) < 4.78 is 10.7. The number of methoxy groups -OCH3 is 1. The molecule has 1 aromatic carbocycles. The van der Waals surface area contributed by atoms with Crippen LogP contribution in [0.2, 0.25) is 0 Å². The van der Waals surface area contributed by atoms with Gasteiger partial charge in [-0.2, -0.15) is 0 Å². The van der Waals surface area contributed by atoms with Gasteiger partial charge in [-0.05, 0) is 37.0 Å². The molecule has 1 saturated carbocycles. The summed E-state index contributed by atoms with van der Waals surface area (Å²) in [5, 5.41) is 0. The van der Waals surface area contributed by atoms with Crippen LogP contribution in [-0.4, -0.2) is 44.2 Å². The Morgan fingerprint density at radius 2 is 2.00 bits per heavy atom. The lowest BCUT2D eigenvalue weighted by Gasteiger charge is -2.16. The Morgan fingerprint density at radius 3 is 2.59 bits per heavy atom. The van der Waals surface area contributed by atoms with Crippen molar-refractivity contribution in [2.24, 2.45) is 10.7 Å². The average molecular weight is 419 g/mol. The molecule has 6 heteroatoms. The van der Waals surface area contributed by atoms with Crippen molar-refractivity contribution >= 4 is 29.9 Å². The number of rotatable bonds is 8. The quantitative estimate of drug-likeness (QED) is 0.305. The van der Waals surface area contributed by atoms with E-state index in [0.29, 0.717) is 31.8 Å². The Bertz CT molecular complexity index is 461. The summed E-state index contributed by atoms with van der Waals surface area (Å²) >= 11 is 0. The molecule has 2 N–H and O–H groups in total. The minimum absolute atomic E-state index is 0. The maximum Gasteiger partial charge on any atom is 0.191 e. The Labute approximate surface area is 149 Å². The molecule has 0 radical (unpaired) electrons. The van der Waals surface area contributed by atoms with Gasteiger partial charge >= 0.3 is 0 Å². The van der Waals surface area contributed by atoms with Crippen LogP contribution >= 0.6 is 24.0 Å². The largest absolute Gasteiger partial charge is 0.497 e. The number of guanidine groups is 1. The highest BCUT2D eigenvalue weighted by Crippen LogP contribution is 2.24. The highest BCUT2D eigenvalue weighted by Gasteiger charge is 2.27. The molecular weight excluding hydrogens is 393 g/mol. The third kappa shape index (κ3) is 6.39. The van der Waals surface area contributed by atoms with Gasteiger partial charge in [-0.25, -0.2) is 0 Å². The molecule has 0 aliphatic heterocycles. The molecular formula is C16H26IN3O2. The van der Waals surface area contributed by atoms with Gasteiger partial charge in [0.05, 0.1) is 13.7 Å². The van der Waals surface area contributed by atoms with E-state index in [2.05, 4.69) is 9.89 Å². The highest BCUT2D eigenvalue weighted by molar-refractivity contribution is 14.0. The van der Waals surface area contributed by atoms with Crippen molar-refractivity contribution < 1.29 is 9.47 Å². The van der Waals surface area contributed by atoms with Crippen LogP contribution in [0, 0.1) is 0 Å². The zero-order valence-corrected chi connectivity index (χ0v) is 15.7. The predicted octanol–water partition coefficient (Wildman–Crippen LogP) is 2.63. The second-order valence-electron chi connectivity index (χ2n) is 5.34. The Hall–Kier alpha value is -1.02. The van der Waals surface area contributed by atoms with Crippen LogP contribution in [0.15, 0.2) is 29.3 Å². The molecule has 124 valence electrons. The first-order valence-corrected chi connectivity index (χ1v) is 7.44. The molecule has 0 amide bonds. The van der Waals surface area contributed by atoms with E-state index in [9.17, 15) is 0 Å². The van der Waals surface area contributed by atoms with Gasteiger partial charge in [0.15, 0.2) is 5.96 Å². The van der Waals surface area contributed by atoms with Crippen molar-refractivity contribution in [2.75, 3.05) is 27.3 Å². The molecule has 0 saturated heterocycles. The van der Waals surface area contributed by atoms with Crippen LogP contribution in [0.1, 0.15) is 24.8 Å². The van der Waals surface area contributed by atoms with E-state index in [1.54, 1.807) is 7.11 Å². The fourth-order valence-corrected chi connectivity index (χ4v) is 2.03. The van der Waals surface area contributed by atoms with E-state index >= 15 is 0 Å². The van der Waals surface area contributed by atoms with Gasteiger partial charge in [0.25, 0.3) is 0 Å². The normalized spacial score (nSPS) is 14.4. The Kier molecular flexibility index (Phi) is 8.55. The van der Waals surface area contributed by atoms with E-state index in [1.807, 2.05) is 31.3 Å². The van der Waals surface area contributed by atoms with E-state index in [-0.39, 0.29) is 24.0 Å². The lowest BCUT2D eigenvalue weighted by Crippen LogP contribution is -2.35. The summed E-state index contributed by atoms with van der Waals surface area (Å²) in [4.78, 5) is 6.44. The molecule has 1 aliphatic rings. The second kappa shape index (κ2) is 9.89. The van der Waals surface area contributed by atoms with Crippen molar-refractivity contribution in [3.63, 3.8) is 0 Å². The lowest BCUT2D eigenvalue weighted by molar-refractivity contribution is 0.120. The fraction of sp³-hybridized carbons (Fsp3) is 0.562. The van der Waals surface area contributed by atoms with Crippen molar-refractivity contribution in [1.29, 1.82) is 0 Å². The summed E-state index contributed by atoms with van der Waals surface area (Å²) in [7, 11) is 3.68. The molecule has 22 heavy (non-hydrogen) atoms. The molecule has 0 atom stereocenters. The number of nitrogens with zero attached hydrogens (tertiary/aromatic N) is 2. The third-order valence-corrected chi connectivity index (χ3v) is 3.60. The van der Waals surface area contributed by atoms with E-state index in [4.69, 9.17) is 15.2 Å². The first-order chi connectivity index (χ1) is 10.2. The minimum atomic E-state index is 0. The number of halogens is 1. The Balaban J connectivity index is 0.00000242. The van der Waals surface area contributed by atoms with Crippen molar-refractivity contribution in [2.45, 2.75) is 31.9 Å². The summed E-state index contributed by atoms with van der Waals surface area (Å²) in [6.45, 7) is 2.02. The molecule has 1 aliphatic carbocycles. The minimum Gasteiger partial charge on any atom is -0.497 e. The predicted molar refractivity (Wildman–Crippen MR) is 100.0 cm³/mol. The first kappa shape index (κ1) is 19.0. The van der Waals surface area contributed by atoms with E-state index in [0.717, 1.165) is 17.7 Å². The number of nitrogens with two attached hydrogens (primary N) is 1. The topological polar surface area (TPSA) is 60.1 Å². The summed E-state index contributed by atoms with van der Waals surface area (Å²) in [6, 6.07) is 8.52. The van der Waals surface area contributed by atoms with Crippen molar-refractivity contribution in [1.82, 2.24) is 4.90 Å². The van der Waals surface area contributed by atoms with Crippen LogP contribution in [0.25, 0.3) is 0 Å². The van der Waals surface area contributed by atoms with Crippen LogP contribution < -0.4 is 10.5 Å². The van der Waals surface area contributed by atoms with Gasteiger partial charge in [0.1, 0.15) is 5.75 Å². The molecule has 0 heterocycles. The molecule has 0 aromatic heterocycles. The van der Waals surface area contributed by atoms with Crippen LogP contribution in [0.4, 0.5) is 0 Å². The number of aliphatic imine (C=N–C) groups is 1. The summed E-state index contributed by atoms with van der Waals surface area (Å²) in [6.07, 6.45) is 3.35. The molecule has 2 rings (SSSR count). The van der Waals surface area contributed by atoms with Gasteiger partial charge in [-0.1, -0.05) is 12.1 Å². The van der Waals surface area contributed by atoms with Gasteiger partial charge < -0.3 is 20.1 Å². The molecule has 1 fully saturated rings. The molecule has 0 bridgehead atoms. The average Bonchev–Trinajstić information content (AvgIpc) is 3.35. The van der Waals surface area contributed by atoms with E-state index < -0.39 is 0 Å². The smallest absolute Gasteiger partial charge is 0.191 e. The van der Waals surface area contributed by atoms with Gasteiger partial charge in [0.2, 0.25) is 0 Å². The van der Waals surface area contributed by atoms with Crippen LogP contribution in [0.3, 0.4) is 0 Å². The van der Waals surface area contributed by atoms with E-state index in [1.165, 1.54) is 12.8 Å². The summed E-state index contributed by atoms with van der Waals surface area (Å²) in [5.74, 6) is 1.51. The molecule has 0 unspecified atom stereocenters. The van der Waals surface area contributed by atoms with Crippen LogP contribution in [-0.2, 0) is 11.3 Å². The van der Waals surface area contributed by atoms with Gasteiger partial charge in [0, 0.05) is 26.2 Å². The van der Waals surface area contributed by atoms with Crippen molar-refractivity contribution in [3.05, 3.63) is 29.8 Å². The fourth-order valence-electron chi connectivity index (χ4n) is 2.03. The SMILES string of the molecule is COc1ccc(COCCCN=C(N)N(C)C2CC2)cc1.I. The third-order valence-electron chi connectivity index (χ3n) is 3.60. The highest BCUT2D eigenvalue weighted by atomic mass is 127. The molecule has 1 aromatic rings. The molecule has 5 nitrogen and oxygen atoms in total. The monoisotopic (exact) mass is 419 g/mol. The zero-order valence-electron chi connectivity index (χ0n) is 13.3. The number of ether oxygens (including phenoxy) is 2. The summed E-state index contributed by atoms with van der Waals surface area (Å²) in [5.41, 5.74) is 7.06. The Morgan fingerprint density at radius 1 is 1.32 bits per heavy atom. The van der Waals surface area contributed by atoms with Crippen LogP contribution in [0.5, 0.6) is 5.75 Å². The number of hydrogen-bond donors (Lipinski definition) is 1. The number of benzene rings is 1. The molecule has 0 spiro atoms. The second-order valence-corrected chi connectivity index (χ2v) is 5.34. The maximum absolute atomic E-state index is 5.91. The number of hydrogen-bond acceptors (Lipinski definition) is 3.